The molecule has 2 heterocycles. The molecule has 0 amide bonds. The summed E-state index contributed by atoms with van der Waals surface area (Å²) in [5.41, 5.74) is 3.52. The van der Waals surface area contributed by atoms with E-state index in [-0.39, 0.29) is 5.78 Å². The van der Waals surface area contributed by atoms with Gasteiger partial charge in [-0.05, 0) is 31.0 Å². The highest BCUT2D eigenvalue weighted by molar-refractivity contribution is 5.96. The molecule has 3 aromatic rings. The number of hydrogen-bond acceptors (Lipinski definition) is 2. The first-order chi connectivity index (χ1) is 9.75. The number of nitrogens with zero attached hydrogens (tertiary/aromatic N) is 2. The predicted octanol–water partition coefficient (Wildman–Crippen LogP) is 3.46. The standard InChI is InChI=1S/C17H16N2O/c1-13-17(19-12-6-5-9-16(19)18-13)15(20)11-10-14-7-3-2-4-8-14/h2-9,12H,10-11H2,1H3. The predicted molar refractivity (Wildman–Crippen MR) is 79.0 cm³/mol. The van der Waals surface area contributed by atoms with Crippen LogP contribution in [0.1, 0.15) is 28.2 Å². The molecule has 3 rings (SSSR count). The molecule has 0 atom stereocenters. The average molecular weight is 264 g/mol. The van der Waals surface area contributed by atoms with E-state index >= 15 is 0 Å². The fraction of sp³-hybridized carbons (Fsp3) is 0.176. The van der Waals surface area contributed by atoms with E-state index in [1.54, 1.807) is 0 Å². The summed E-state index contributed by atoms with van der Waals surface area (Å²) in [6.45, 7) is 1.89. The fourth-order valence-corrected chi connectivity index (χ4v) is 2.47. The van der Waals surface area contributed by atoms with Crippen molar-refractivity contribution in [3.63, 3.8) is 0 Å². The number of pyridine rings is 1. The third-order valence-corrected chi connectivity index (χ3v) is 3.45. The lowest BCUT2D eigenvalue weighted by atomic mass is 10.1. The van der Waals surface area contributed by atoms with E-state index < -0.39 is 0 Å². The van der Waals surface area contributed by atoms with Gasteiger partial charge in [-0.25, -0.2) is 4.98 Å². The van der Waals surface area contributed by atoms with E-state index in [4.69, 9.17) is 0 Å². The molecule has 1 aromatic carbocycles. The minimum absolute atomic E-state index is 0.144. The molecule has 0 aliphatic rings. The number of aryl methyl sites for hydroxylation is 2. The summed E-state index contributed by atoms with van der Waals surface area (Å²) in [5, 5.41) is 0. The maximum Gasteiger partial charge on any atom is 0.181 e. The molecule has 0 spiro atoms. The van der Waals surface area contributed by atoms with Gasteiger partial charge in [-0.2, -0.15) is 0 Å². The van der Waals surface area contributed by atoms with E-state index in [1.807, 2.05) is 53.9 Å². The second-order valence-electron chi connectivity index (χ2n) is 4.88. The lowest BCUT2D eigenvalue weighted by Crippen LogP contribution is -2.06. The van der Waals surface area contributed by atoms with Crippen molar-refractivity contribution in [2.45, 2.75) is 19.8 Å². The van der Waals surface area contributed by atoms with Crippen molar-refractivity contribution in [1.82, 2.24) is 9.38 Å². The topological polar surface area (TPSA) is 34.4 Å². The third-order valence-electron chi connectivity index (χ3n) is 3.45. The lowest BCUT2D eigenvalue weighted by Gasteiger charge is -2.03. The van der Waals surface area contributed by atoms with Crippen LogP contribution in [0.25, 0.3) is 5.65 Å². The summed E-state index contributed by atoms with van der Waals surface area (Å²) in [6, 6.07) is 15.9. The van der Waals surface area contributed by atoms with Gasteiger partial charge in [-0.15, -0.1) is 0 Å². The van der Waals surface area contributed by atoms with E-state index in [0.717, 1.165) is 17.8 Å². The zero-order chi connectivity index (χ0) is 13.9. The van der Waals surface area contributed by atoms with Gasteiger partial charge in [0.05, 0.1) is 5.69 Å². The van der Waals surface area contributed by atoms with Gasteiger partial charge >= 0.3 is 0 Å². The Morgan fingerprint density at radius 2 is 1.85 bits per heavy atom. The third kappa shape index (κ3) is 2.35. The molecular weight excluding hydrogens is 248 g/mol. The number of Topliss-reactive ketones (excluding diaryl/α,β-unsaturated/α-hetero) is 1. The van der Waals surface area contributed by atoms with Crippen LogP contribution in [0.5, 0.6) is 0 Å². The molecule has 0 bridgehead atoms. The van der Waals surface area contributed by atoms with Crippen molar-refractivity contribution >= 4 is 11.4 Å². The van der Waals surface area contributed by atoms with Gasteiger partial charge in [0.25, 0.3) is 0 Å². The maximum absolute atomic E-state index is 12.5. The van der Waals surface area contributed by atoms with Crippen LogP contribution in [-0.4, -0.2) is 15.2 Å². The van der Waals surface area contributed by atoms with Crippen LogP contribution >= 0.6 is 0 Å². The first-order valence-corrected chi connectivity index (χ1v) is 6.76. The second-order valence-corrected chi connectivity index (χ2v) is 4.88. The lowest BCUT2D eigenvalue weighted by molar-refractivity contribution is 0.0976. The normalized spacial score (nSPS) is 10.8. The maximum atomic E-state index is 12.5. The quantitative estimate of drug-likeness (QED) is 0.676. The molecule has 0 aliphatic carbocycles. The van der Waals surface area contributed by atoms with Crippen molar-refractivity contribution in [3.8, 4) is 0 Å². The summed E-state index contributed by atoms with van der Waals surface area (Å²) in [7, 11) is 0. The zero-order valence-electron chi connectivity index (χ0n) is 11.4. The molecule has 2 aromatic heterocycles. The van der Waals surface area contributed by atoms with E-state index in [0.29, 0.717) is 12.1 Å². The van der Waals surface area contributed by atoms with Crippen LogP contribution in [0.3, 0.4) is 0 Å². The van der Waals surface area contributed by atoms with Gasteiger partial charge in [0, 0.05) is 12.6 Å². The molecular formula is C17H16N2O. The molecule has 0 aliphatic heterocycles. The highest BCUT2D eigenvalue weighted by atomic mass is 16.1. The first-order valence-electron chi connectivity index (χ1n) is 6.76. The highest BCUT2D eigenvalue weighted by Crippen LogP contribution is 2.15. The van der Waals surface area contributed by atoms with Crippen LogP contribution in [0.2, 0.25) is 0 Å². The molecule has 3 heteroatoms. The van der Waals surface area contributed by atoms with Gasteiger partial charge in [-0.1, -0.05) is 36.4 Å². The number of fused-ring (bicyclic) bond motifs is 1. The zero-order valence-corrected chi connectivity index (χ0v) is 11.4. The summed E-state index contributed by atoms with van der Waals surface area (Å²) < 4.78 is 1.88. The number of hydrogen-bond donors (Lipinski definition) is 0. The monoisotopic (exact) mass is 264 g/mol. The van der Waals surface area contributed by atoms with E-state index in [9.17, 15) is 4.79 Å². The van der Waals surface area contributed by atoms with Gasteiger partial charge < -0.3 is 0 Å². The fourth-order valence-electron chi connectivity index (χ4n) is 2.47. The number of carbonyl (C=O) groups is 1. The van der Waals surface area contributed by atoms with Gasteiger partial charge in [0.1, 0.15) is 11.3 Å². The molecule has 0 saturated heterocycles. The Balaban J connectivity index is 1.84. The Morgan fingerprint density at radius 3 is 2.65 bits per heavy atom. The molecule has 20 heavy (non-hydrogen) atoms. The van der Waals surface area contributed by atoms with Crippen LogP contribution in [0.15, 0.2) is 54.7 Å². The van der Waals surface area contributed by atoms with Crippen LogP contribution in [0, 0.1) is 6.92 Å². The number of rotatable bonds is 4. The van der Waals surface area contributed by atoms with Gasteiger partial charge in [-0.3, -0.25) is 9.20 Å². The molecule has 100 valence electrons. The largest absolute Gasteiger partial charge is 0.297 e. The number of imidazole rings is 1. The van der Waals surface area contributed by atoms with Crippen LogP contribution < -0.4 is 0 Å². The summed E-state index contributed by atoms with van der Waals surface area (Å²) in [6.07, 6.45) is 3.16. The second kappa shape index (κ2) is 5.29. The molecule has 0 unspecified atom stereocenters. The van der Waals surface area contributed by atoms with Crippen LogP contribution in [-0.2, 0) is 6.42 Å². The Bertz CT molecular complexity index is 744. The van der Waals surface area contributed by atoms with Gasteiger partial charge in [0.15, 0.2) is 5.78 Å². The van der Waals surface area contributed by atoms with Gasteiger partial charge in [0.2, 0.25) is 0 Å². The van der Waals surface area contributed by atoms with E-state index in [2.05, 4.69) is 17.1 Å². The van der Waals surface area contributed by atoms with Crippen molar-refractivity contribution in [3.05, 3.63) is 71.7 Å². The summed E-state index contributed by atoms with van der Waals surface area (Å²) in [4.78, 5) is 16.9. The average Bonchev–Trinajstić information content (AvgIpc) is 2.82. The SMILES string of the molecule is Cc1nc2ccccn2c1C(=O)CCc1ccccc1. The van der Waals surface area contributed by atoms with Crippen molar-refractivity contribution in [2.75, 3.05) is 0 Å². The highest BCUT2D eigenvalue weighted by Gasteiger charge is 2.15. The van der Waals surface area contributed by atoms with Crippen LogP contribution in [0.4, 0.5) is 0 Å². The Hall–Kier alpha value is -2.42. The molecule has 0 N–H and O–H groups in total. The molecule has 0 saturated carbocycles. The van der Waals surface area contributed by atoms with Crippen molar-refractivity contribution in [2.24, 2.45) is 0 Å². The minimum Gasteiger partial charge on any atom is -0.297 e. The molecule has 3 nitrogen and oxygen atoms in total. The Labute approximate surface area is 117 Å². The number of carbonyl (C=O) groups excluding carboxylic acids is 1. The van der Waals surface area contributed by atoms with Crippen molar-refractivity contribution in [1.29, 1.82) is 0 Å². The Kier molecular flexibility index (Phi) is 3.33. The number of aromatic nitrogens is 2. The molecule has 0 radical (unpaired) electrons. The first kappa shape index (κ1) is 12.6. The smallest absolute Gasteiger partial charge is 0.181 e. The number of ketones is 1. The summed E-state index contributed by atoms with van der Waals surface area (Å²) >= 11 is 0. The summed E-state index contributed by atoms with van der Waals surface area (Å²) in [5.74, 6) is 0.144. The molecule has 0 fully saturated rings. The Morgan fingerprint density at radius 1 is 1.10 bits per heavy atom. The number of benzene rings is 1. The van der Waals surface area contributed by atoms with E-state index in [1.165, 1.54) is 5.56 Å². The van der Waals surface area contributed by atoms with Crippen molar-refractivity contribution < 1.29 is 4.79 Å². The minimum atomic E-state index is 0.144.